The number of carbonyl (C=O) groups is 1. The van der Waals surface area contributed by atoms with E-state index in [-0.39, 0.29) is 0 Å². The van der Waals surface area contributed by atoms with Gasteiger partial charge < -0.3 is 14.6 Å². The van der Waals surface area contributed by atoms with Crippen LogP contribution in [0.5, 0.6) is 11.5 Å². The van der Waals surface area contributed by atoms with Gasteiger partial charge in [0.05, 0.1) is 18.7 Å². The highest BCUT2D eigenvalue weighted by molar-refractivity contribution is 6.32. The third kappa shape index (κ3) is 3.96. The molecule has 1 rings (SSSR count). The molecule has 5 heteroatoms. The van der Waals surface area contributed by atoms with Gasteiger partial charge in [-0.2, -0.15) is 0 Å². The van der Waals surface area contributed by atoms with Crippen LogP contribution in [-0.4, -0.2) is 24.8 Å². The molecule has 0 atom stereocenters. The minimum absolute atomic E-state index is 0.416. The molecule has 0 aliphatic heterocycles. The van der Waals surface area contributed by atoms with E-state index in [9.17, 15) is 4.79 Å². The van der Waals surface area contributed by atoms with E-state index in [1.165, 1.54) is 13.2 Å². The lowest BCUT2D eigenvalue weighted by molar-refractivity contribution is -0.131. The monoisotopic (exact) mass is 270 g/mol. The van der Waals surface area contributed by atoms with E-state index in [0.29, 0.717) is 28.7 Å². The van der Waals surface area contributed by atoms with Crippen molar-refractivity contribution in [1.82, 2.24) is 0 Å². The first kappa shape index (κ1) is 14.4. The Kier molecular flexibility index (Phi) is 5.52. The maximum Gasteiger partial charge on any atom is 0.328 e. The molecule has 0 aliphatic carbocycles. The summed E-state index contributed by atoms with van der Waals surface area (Å²) >= 11 is 6.04. The van der Waals surface area contributed by atoms with Gasteiger partial charge in [0.25, 0.3) is 0 Å². The predicted octanol–water partition coefficient (Wildman–Crippen LogP) is 3.24. The zero-order valence-electron chi connectivity index (χ0n) is 10.3. The fraction of sp³-hybridized carbons (Fsp3) is 0.308. The van der Waals surface area contributed by atoms with Crippen molar-refractivity contribution in [3.8, 4) is 11.5 Å². The van der Waals surface area contributed by atoms with E-state index in [4.69, 9.17) is 26.2 Å². The highest BCUT2D eigenvalue weighted by Gasteiger charge is 2.09. The lowest BCUT2D eigenvalue weighted by Crippen LogP contribution is -1.98. The van der Waals surface area contributed by atoms with Crippen molar-refractivity contribution in [3.63, 3.8) is 0 Å². The first-order chi connectivity index (χ1) is 8.58. The minimum Gasteiger partial charge on any atom is -0.493 e. The number of methoxy groups -OCH3 is 1. The van der Waals surface area contributed by atoms with Gasteiger partial charge in [0, 0.05) is 12.1 Å². The third-order valence-electron chi connectivity index (χ3n) is 2.15. The van der Waals surface area contributed by atoms with E-state index in [0.717, 1.165) is 12.5 Å². The molecule has 0 aromatic heterocycles. The molecule has 0 heterocycles. The molecule has 0 bridgehead atoms. The first-order valence-electron chi connectivity index (χ1n) is 5.49. The van der Waals surface area contributed by atoms with Crippen molar-refractivity contribution in [1.29, 1.82) is 0 Å². The van der Waals surface area contributed by atoms with Crippen LogP contribution in [0.2, 0.25) is 5.02 Å². The van der Waals surface area contributed by atoms with E-state index in [1.54, 1.807) is 12.1 Å². The number of hydrogen-bond donors (Lipinski definition) is 1. The summed E-state index contributed by atoms with van der Waals surface area (Å²) in [5, 5.41) is 8.99. The lowest BCUT2D eigenvalue weighted by Gasteiger charge is -2.11. The Hall–Kier alpha value is -1.68. The van der Waals surface area contributed by atoms with Crippen LogP contribution in [0.15, 0.2) is 18.2 Å². The van der Waals surface area contributed by atoms with Crippen LogP contribution in [-0.2, 0) is 4.79 Å². The second-order valence-corrected chi connectivity index (χ2v) is 3.95. The van der Waals surface area contributed by atoms with Crippen molar-refractivity contribution in [2.75, 3.05) is 13.7 Å². The van der Waals surface area contributed by atoms with Crippen molar-refractivity contribution in [3.05, 3.63) is 28.8 Å². The molecule has 0 aliphatic rings. The molecule has 0 saturated carbocycles. The van der Waals surface area contributed by atoms with Crippen molar-refractivity contribution in [2.45, 2.75) is 13.3 Å². The van der Waals surface area contributed by atoms with Crippen LogP contribution in [0.3, 0.4) is 0 Å². The van der Waals surface area contributed by atoms with Gasteiger partial charge in [-0.15, -0.1) is 0 Å². The standard InChI is InChI=1S/C13H15ClO4/c1-3-6-18-12-8-10(14)9(4-5-13(15)16)7-11(12)17-2/h4-5,7-8H,3,6H2,1-2H3,(H,15,16). The third-order valence-corrected chi connectivity index (χ3v) is 2.48. The van der Waals surface area contributed by atoms with Crippen molar-refractivity contribution >= 4 is 23.6 Å². The fourth-order valence-electron chi connectivity index (χ4n) is 1.32. The molecule has 4 nitrogen and oxygen atoms in total. The number of carboxylic acids is 1. The van der Waals surface area contributed by atoms with E-state index in [1.807, 2.05) is 6.92 Å². The fourth-order valence-corrected chi connectivity index (χ4v) is 1.54. The van der Waals surface area contributed by atoms with Gasteiger partial charge in [-0.05, 0) is 24.1 Å². The molecule has 18 heavy (non-hydrogen) atoms. The maximum atomic E-state index is 10.5. The van der Waals surface area contributed by atoms with Crippen LogP contribution in [0.25, 0.3) is 6.08 Å². The van der Waals surface area contributed by atoms with E-state index in [2.05, 4.69) is 0 Å². The summed E-state index contributed by atoms with van der Waals surface area (Å²) in [6.07, 6.45) is 3.31. The van der Waals surface area contributed by atoms with Gasteiger partial charge >= 0.3 is 5.97 Å². The van der Waals surface area contributed by atoms with E-state index >= 15 is 0 Å². The Labute approximate surface area is 111 Å². The molecule has 0 spiro atoms. The number of ether oxygens (including phenoxy) is 2. The van der Waals surface area contributed by atoms with Gasteiger partial charge in [-0.25, -0.2) is 4.79 Å². The first-order valence-corrected chi connectivity index (χ1v) is 5.87. The van der Waals surface area contributed by atoms with Gasteiger partial charge in [-0.1, -0.05) is 18.5 Å². The minimum atomic E-state index is -1.03. The Morgan fingerprint density at radius 1 is 1.44 bits per heavy atom. The molecule has 1 aromatic carbocycles. The summed E-state index contributed by atoms with van der Waals surface area (Å²) in [4.78, 5) is 10.5. The smallest absolute Gasteiger partial charge is 0.328 e. The predicted molar refractivity (Wildman–Crippen MR) is 70.5 cm³/mol. The highest BCUT2D eigenvalue weighted by atomic mass is 35.5. The molecule has 0 saturated heterocycles. The van der Waals surface area contributed by atoms with Crippen molar-refractivity contribution < 1.29 is 19.4 Å². The van der Waals surface area contributed by atoms with E-state index < -0.39 is 5.97 Å². The average Bonchev–Trinajstić information content (AvgIpc) is 2.34. The highest BCUT2D eigenvalue weighted by Crippen LogP contribution is 2.34. The Bertz CT molecular complexity index is 455. The van der Waals surface area contributed by atoms with Crippen molar-refractivity contribution in [2.24, 2.45) is 0 Å². The summed E-state index contributed by atoms with van der Waals surface area (Å²) in [6.45, 7) is 2.56. The van der Waals surface area contributed by atoms with Crippen LogP contribution in [0.1, 0.15) is 18.9 Å². The molecule has 0 amide bonds. The lowest BCUT2D eigenvalue weighted by atomic mass is 10.2. The van der Waals surface area contributed by atoms with Crippen LogP contribution < -0.4 is 9.47 Å². The summed E-state index contributed by atoms with van der Waals surface area (Å²) in [6, 6.07) is 3.27. The summed E-state index contributed by atoms with van der Waals surface area (Å²) in [5.41, 5.74) is 0.569. The molecular weight excluding hydrogens is 256 g/mol. The molecule has 0 radical (unpaired) electrons. The SMILES string of the molecule is CCCOc1cc(Cl)c(C=CC(=O)O)cc1OC. The molecule has 1 aromatic rings. The van der Waals surface area contributed by atoms with Crippen LogP contribution in [0.4, 0.5) is 0 Å². The number of hydrogen-bond acceptors (Lipinski definition) is 3. The molecule has 98 valence electrons. The number of rotatable bonds is 6. The quantitative estimate of drug-likeness (QED) is 0.806. The zero-order valence-corrected chi connectivity index (χ0v) is 11.0. The normalized spacial score (nSPS) is 10.6. The molecule has 0 fully saturated rings. The molecular formula is C13H15ClO4. The topological polar surface area (TPSA) is 55.8 Å². The van der Waals surface area contributed by atoms with Crippen LogP contribution >= 0.6 is 11.6 Å². The van der Waals surface area contributed by atoms with Gasteiger partial charge in [0.2, 0.25) is 0 Å². The number of halogens is 1. The van der Waals surface area contributed by atoms with Gasteiger partial charge in [0.15, 0.2) is 11.5 Å². The Morgan fingerprint density at radius 3 is 2.72 bits per heavy atom. The molecule has 1 N–H and O–H groups in total. The summed E-state index contributed by atoms with van der Waals surface area (Å²) in [5.74, 6) is 0.0473. The second kappa shape index (κ2) is 6.91. The largest absolute Gasteiger partial charge is 0.493 e. The average molecular weight is 271 g/mol. The summed E-state index contributed by atoms with van der Waals surface area (Å²) < 4.78 is 10.7. The van der Waals surface area contributed by atoms with Gasteiger partial charge in [-0.3, -0.25) is 0 Å². The number of carboxylic acid groups (broad SMARTS) is 1. The number of benzene rings is 1. The Balaban J connectivity index is 3.05. The maximum absolute atomic E-state index is 10.5. The second-order valence-electron chi connectivity index (χ2n) is 3.54. The Morgan fingerprint density at radius 2 is 2.17 bits per heavy atom. The summed E-state index contributed by atoms with van der Waals surface area (Å²) in [7, 11) is 1.52. The van der Waals surface area contributed by atoms with Crippen LogP contribution in [0, 0.1) is 0 Å². The molecule has 0 unspecified atom stereocenters. The number of aliphatic carboxylic acids is 1. The van der Waals surface area contributed by atoms with Gasteiger partial charge in [0.1, 0.15) is 0 Å². The zero-order chi connectivity index (χ0) is 13.5.